The van der Waals surface area contributed by atoms with Gasteiger partial charge in [-0.3, -0.25) is 0 Å². The Morgan fingerprint density at radius 1 is 0.842 bits per heavy atom. The SMILES string of the molecule is CCCCCCCC(CC)c1c(C)cc(C)cc1C. The smallest absolute Gasteiger partial charge is 0.0159 e. The second-order valence-electron chi connectivity index (χ2n) is 6.12. The Morgan fingerprint density at radius 3 is 1.95 bits per heavy atom. The first-order chi connectivity index (χ1) is 9.10. The van der Waals surface area contributed by atoms with E-state index in [9.17, 15) is 0 Å². The summed E-state index contributed by atoms with van der Waals surface area (Å²) < 4.78 is 0. The molecule has 0 nitrogen and oxygen atoms in total. The Morgan fingerprint density at radius 2 is 1.42 bits per heavy atom. The van der Waals surface area contributed by atoms with Crippen LogP contribution in [0.15, 0.2) is 12.1 Å². The third-order valence-corrected chi connectivity index (χ3v) is 4.30. The van der Waals surface area contributed by atoms with Gasteiger partial charge in [-0.15, -0.1) is 0 Å². The minimum Gasteiger partial charge on any atom is -0.0654 e. The maximum Gasteiger partial charge on any atom is -0.0159 e. The van der Waals surface area contributed by atoms with Crippen molar-refractivity contribution in [3.8, 4) is 0 Å². The predicted molar refractivity (Wildman–Crippen MR) is 87.1 cm³/mol. The Labute approximate surface area is 120 Å². The largest absolute Gasteiger partial charge is 0.0654 e. The van der Waals surface area contributed by atoms with E-state index in [2.05, 4.69) is 46.8 Å². The molecule has 0 fully saturated rings. The summed E-state index contributed by atoms with van der Waals surface area (Å²) in [6.07, 6.45) is 9.61. The number of unbranched alkanes of at least 4 members (excludes halogenated alkanes) is 4. The molecule has 0 heterocycles. The quantitative estimate of drug-likeness (QED) is 0.470. The summed E-state index contributed by atoms with van der Waals surface area (Å²) in [5.74, 6) is 0.766. The second kappa shape index (κ2) is 8.40. The van der Waals surface area contributed by atoms with E-state index in [1.165, 1.54) is 61.6 Å². The molecule has 0 radical (unpaired) electrons. The van der Waals surface area contributed by atoms with Crippen molar-refractivity contribution >= 4 is 0 Å². The number of benzene rings is 1. The van der Waals surface area contributed by atoms with Crippen molar-refractivity contribution in [2.45, 2.75) is 85.5 Å². The van der Waals surface area contributed by atoms with Crippen molar-refractivity contribution in [1.29, 1.82) is 0 Å². The molecule has 0 heteroatoms. The average Bonchev–Trinajstić information content (AvgIpc) is 2.35. The molecule has 0 aliphatic rings. The lowest BCUT2D eigenvalue weighted by Gasteiger charge is -2.21. The molecule has 1 aromatic rings. The number of hydrogen-bond donors (Lipinski definition) is 0. The molecule has 0 aliphatic heterocycles. The third-order valence-electron chi connectivity index (χ3n) is 4.30. The molecule has 108 valence electrons. The summed E-state index contributed by atoms with van der Waals surface area (Å²) in [6.45, 7) is 11.4. The van der Waals surface area contributed by atoms with E-state index in [1.54, 1.807) is 5.56 Å². The Hall–Kier alpha value is -0.780. The van der Waals surface area contributed by atoms with Gasteiger partial charge in [0.05, 0.1) is 0 Å². The highest BCUT2D eigenvalue weighted by Gasteiger charge is 2.14. The van der Waals surface area contributed by atoms with Crippen molar-refractivity contribution < 1.29 is 0 Å². The molecule has 19 heavy (non-hydrogen) atoms. The van der Waals surface area contributed by atoms with Crippen molar-refractivity contribution in [2.75, 3.05) is 0 Å². The summed E-state index contributed by atoms with van der Waals surface area (Å²) in [5.41, 5.74) is 6.02. The van der Waals surface area contributed by atoms with Gasteiger partial charge in [0.2, 0.25) is 0 Å². The number of hydrogen-bond acceptors (Lipinski definition) is 0. The van der Waals surface area contributed by atoms with Gasteiger partial charge >= 0.3 is 0 Å². The molecule has 1 aromatic carbocycles. The summed E-state index contributed by atoms with van der Waals surface area (Å²) in [7, 11) is 0. The summed E-state index contributed by atoms with van der Waals surface area (Å²) in [4.78, 5) is 0. The van der Waals surface area contributed by atoms with Crippen LogP contribution in [0.25, 0.3) is 0 Å². The molecule has 1 atom stereocenters. The number of rotatable bonds is 8. The molecule has 0 saturated heterocycles. The highest BCUT2D eigenvalue weighted by molar-refractivity contribution is 5.39. The first kappa shape index (κ1) is 16.3. The van der Waals surface area contributed by atoms with Crippen molar-refractivity contribution in [3.05, 3.63) is 34.4 Å². The fourth-order valence-corrected chi connectivity index (χ4v) is 3.38. The van der Waals surface area contributed by atoms with Crippen LogP contribution in [-0.2, 0) is 0 Å². The predicted octanol–water partition coefficient (Wildman–Crippen LogP) is 6.47. The minimum atomic E-state index is 0.766. The zero-order valence-corrected chi connectivity index (χ0v) is 13.7. The lowest BCUT2D eigenvalue weighted by atomic mass is 9.84. The molecule has 1 rings (SSSR count). The van der Waals surface area contributed by atoms with Crippen molar-refractivity contribution in [3.63, 3.8) is 0 Å². The van der Waals surface area contributed by atoms with Crippen molar-refractivity contribution in [2.24, 2.45) is 0 Å². The maximum atomic E-state index is 2.35. The molecule has 0 aromatic heterocycles. The Bertz CT molecular complexity index is 353. The zero-order valence-electron chi connectivity index (χ0n) is 13.7. The molecular weight excluding hydrogens is 228 g/mol. The van der Waals surface area contributed by atoms with Gasteiger partial charge in [0.25, 0.3) is 0 Å². The van der Waals surface area contributed by atoms with Gasteiger partial charge in [0.1, 0.15) is 0 Å². The van der Waals surface area contributed by atoms with Crippen LogP contribution in [-0.4, -0.2) is 0 Å². The van der Waals surface area contributed by atoms with E-state index in [0.717, 1.165) is 5.92 Å². The summed E-state index contributed by atoms with van der Waals surface area (Å²) >= 11 is 0. The van der Waals surface area contributed by atoms with Crippen LogP contribution < -0.4 is 0 Å². The van der Waals surface area contributed by atoms with Crippen LogP contribution in [0.2, 0.25) is 0 Å². The molecule has 0 N–H and O–H groups in total. The monoisotopic (exact) mass is 260 g/mol. The summed E-state index contributed by atoms with van der Waals surface area (Å²) in [6, 6.07) is 4.70. The van der Waals surface area contributed by atoms with E-state index in [-0.39, 0.29) is 0 Å². The molecule has 0 bridgehead atoms. The van der Waals surface area contributed by atoms with Crippen LogP contribution in [0.5, 0.6) is 0 Å². The van der Waals surface area contributed by atoms with Crippen LogP contribution in [0.3, 0.4) is 0 Å². The Balaban J connectivity index is 2.64. The molecular formula is C19H32. The van der Waals surface area contributed by atoms with Crippen LogP contribution in [0, 0.1) is 20.8 Å². The van der Waals surface area contributed by atoms with E-state index in [4.69, 9.17) is 0 Å². The van der Waals surface area contributed by atoms with Crippen LogP contribution in [0.4, 0.5) is 0 Å². The first-order valence-electron chi connectivity index (χ1n) is 8.17. The highest BCUT2D eigenvalue weighted by atomic mass is 14.2. The van der Waals surface area contributed by atoms with Gasteiger partial charge in [-0.1, -0.05) is 63.6 Å². The van der Waals surface area contributed by atoms with E-state index in [1.807, 2.05) is 0 Å². The third kappa shape index (κ3) is 5.01. The standard InChI is InChI=1S/C19H32/c1-6-8-9-10-11-12-18(7-2)19-16(4)13-15(3)14-17(19)5/h13-14,18H,6-12H2,1-5H3. The summed E-state index contributed by atoms with van der Waals surface area (Å²) in [5, 5.41) is 0. The van der Waals surface area contributed by atoms with Gasteiger partial charge < -0.3 is 0 Å². The maximum absolute atomic E-state index is 2.35. The molecule has 1 unspecified atom stereocenters. The lowest BCUT2D eigenvalue weighted by Crippen LogP contribution is -2.04. The topological polar surface area (TPSA) is 0 Å². The van der Waals surface area contributed by atoms with E-state index < -0.39 is 0 Å². The number of aryl methyl sites for hydroxylation is 3. The minimum absolute atomic E-state index is 0.766. The van der Waals surface area contributed by atoms with Gasteiger partial charge in [-0.05, 0) is 56.2 Å². The molecule has 0 spiro atoms. The van der Waals surface area contributed by atoms with Crippen LogP contribution >= 0.6 is 0 Å². The molecule has 0 saturated carbocycles. The van der Waals surface area contributed by atoms with Gasteiger partial charge in [-0.25, -0.2) is 0 Å². The van der Waals surface area contributed by atoms with Gasteiger partial charge in [0.15, 0.2) is 0 Å². The highest BCUT2D eigenvalue weighted by Crippen LogP contribution is 2.31. The Kier molecular flexibility index (Phi) is 7.20. The lowest BCUT2D eigenvalue weighted by molar-refractivity contribution is 0.532. The first-order valence-corrected chi connectivity index (χ1v) is 8.17. The van der Waals surface area contributed by atoms with E-state index in [0.29, 0.717) is 0 Å². The second-order valence-corrected chi connectivity index (χ2v) is 6.12. The normalized spacial score (nSPS) is 12.7. The molecule has 0 amide bonds. The van der Waals surface area contributed by atoms with Crippen molar-refractivity contribution in [1.82, 2.24) is 0 Å². The fourth-order valence-electron chi connectivity index (χ4n) is 3.38. The fraction of sp³-hybridized carbons (Fsp3) is 0.684. The van der Waals surface area contributed by atoms with E-state index >= 15 is 0 Å². The average molecular weight is 260 g/mol. The zero-order chi connectivity index (χ0) is 14.3. The van der Waals surface area contributed by atoms with Gasteiger partial charge in [0, 0.05) is 0 Å². The molecule has 0 aliphatic carbocycles. The van der Waals surface area contributed by atoms with Crippen LogP contribution in [0.1, 0.15) is 87.0 Å². The van der Waals surface area contributed by atoms with Gasteiger partial charge in [-0.2, -0.15) is 0 Å².